The molecule has 0 saturated heterocycles. The second-order valence-electron chi connectivity index (χ2n) is 6.58. The van der Waals surface area contributed by atoms with Gasteiger partial charge in [0.15, 0.2) is 0 Å². The summed E-state index contributed by atoms with van der Waals surface area (Å²) in [5, 5.41) is 1.62. The number of nitrogens with zero attached hydrogens (tertiary/aromatic N) is 2. The Morgan fingerprint density at radius 2 is 1.69 bits per heavy atom. The van der Waals surface area contributed by atoms with Gasteiger partial charge in [-0.1, -0.05) is 42.5 Å². The molecule has 0 bridgehead atoms. The van der Waals surface area contributed by atoms with Crippen LogP contribution < -0.4 is 15.6 Å². The van der Waals surface area contributed by atoms with Crippen LogP contribution in [0.15, 0.2) is 54.6 Å². The van der Waals surface area contributed by atoms with Crippen molar-refractivity contribution in [2.45, 2.75) is 27.4 Å². The van der Waals surface area contributed by atoms with Gasteiger partial charge in [-0.2, -0.15) is 0 Å². The lowest BCUT2D eigenvalue weighted by molar-refractivity contribution is 0.290. The molecule has 3 rings (SSSR count). The number of ether oxygens (including phenoxy) is 1. The van der Waals surface area contributed by atoms with Gasteiger partial charge >= 0.3 is 0 Å². The zero-order chi connectivity index (χ0) is 18.7. The molecule has 0 unspecified atom stereocenters. The van der Waals surface area contributed by atoms with Gasteiger partial charge in [0.05, 0.1) is 5.69 Å². The molecular formula is C22H25N3O. The van der Waals surface area contributed by atoms with Crippen LogP contribution in [0.25, 0.3) is 11.1 Å². The molecule has 0 saturated carbocycles. The van der Waals surface area contributed by atoms with Gasteiger partial charge in [0.1, 0.15) is 6.61 Å². The van der Waals surface area contributed by atoms with Crippen LogP contribution in [0.5, 0.6) is 5.88 Å². The molecule has 134 valence electrons. The number of hydrogen-bond donors (Lipinski definition) is 1. The lowest BCUT2D eigenvalue weighted by Crippen LogP contribution is -2.26. The summed E-state index contributed by atoms with van der Waals surface area (Å²) in [6, 6.07) is 18.5. The number of rotatable bonds is 5. The summed E-state index contributed by atoms with van der Waals surface area (Å²) in [5.74, 6) is 6.62. The number of hydrogen-bond acceptors (Lipinski definition) is 4. The van der Waals surface area contributed by atoms with E-state index in [0.717, 1.165) is 39.2 Å². The highest BCUT2D eigenvalue weighted by Gasteiger charge is 2.12. The first-order valence-corrected chi connectivity index (χ1v) is 8.70. The average Bonchev–Trinajstić information content (AvgIpc) is 2.63. The van der Waals surface area contributed by atoms with Gasteiger partial charge in [-0.15, -0.1) is 0 Å². The van der Waals surface area contributed by atoms with Crippen LogP contribution in [-0.2, 0) is 6.61 Å². The standard InChI is InChI=1S/C22H25N3O/c1-15-9-8-12-21(25(4)23)20(15)14-26-22-16(2)13-19(17(3)24-22)18-10-6-5-7-11-18/h5-13H,14,23H2,1-4H3. The van der Waals surface area contributed by atoms with Crippen LogP contribution in [0.2, 0.25) is 0 Å². The minimum absolute atomic E-state index is 0.432. The molecule has 0 amide bonds. The molecule has 3 aromatic rings. The molecule has 0 aliphatic rings. The van der Waals surface area contributed by atoms with Crippen molar-refractivity contribution in [3.8, 4) is 17.0 Å². The molecule has 0 radical (unpaired) electrons. The predicted molar refractivity (Wildman–Crippen MR) is 107 cm³/mol. The highest BCUT2D eigenvalue weighted by atomic mass is 16.5. The van der Waals surface area contributed by atoms with Crippen molar-refractivity contribution in [3.05, 3.63) is 77.0 Å². The summed E-state index contributed by atoms with van der Waals surface area (Å²) in [5.41, 5.74) is 7.45. The summed E-state index contributed by atoms with van der Waals surface area (Å²) in [4.78, 5) is 4.70. The second-order valence-corrected chi connectivity index (χ2v) is 6.58. The van der Waals surface area contributed by atoms with Crippen LogP contribution in [0.1, 0.15) is 22.4 Å². The maximum atomic E-state index is 6.07. The summed E-state index contributed by atoms with van der Waals surface area (Å²) >= 11 is 0. The van der Waals surface area contributed by atoms with Crippen LogP contribution in [0, 0.1) is 20.8 Å². The summed E-state index contributed by atoms with van der Waals surface area (Å²) in [6.07, 6.45) is 0. The topological polar surface area (TPSA) is 51.4 Å². The normalized spacial score (nSPS) is 10.7. The highest BCUT2D eigenvalue weighted by molar-refractivity contribution is 5.67. The first-order chi connectivity index (χ1) is 12.5. The van der Waals surface area contributed by atoms with E-state index >= 15 is 0 Å². The van der Waals surface area contributed by atoms with Gasteiger partial charge in [0, 0.05) is 29.4 Å². The molecule has 1 aromatic heterocycles. The van der Waals surface area contributed by atoms with E-state index in [-0.39, 0.29) is 0 Å². The molecule has 0 aliphatic carbocycles. The third kappa shape index (κ3) is 3.70. The van der Waals surface area contributed by atoms with Crippen molar-refractivity contribution < 1.29 is 4.74 Å². The predicted octanol–water partition coefficient (Wildman–Crippen LogP) is 4.56. The summed E-state index contributed by atoms with van der Waals surface area (Å²) in [6.45, 7) is 6.54. The minimum atomic E-state index is 0.432. The zero-order valence-electron chi connectivity index (χ0n) is 15.8. The van der Waals surface area contributed by atoms with E-state index in [9.17, 15) is 0 Å². The van der Waals surface area contributed by atoms with E-state index < -0.39 is 0 Å². The lowest BCUT2D eigenvalue weighted by Gasteiger charge is -2.19. The first-order valence-electron chi connectivity index (χ1n) is 8.70. The maximum Gasteiger partial charge on any atom is 0.216 e. The highest BCUT2D eigenvalue weighted by Crippen LogP contribution is 2.29. The minimum Gasteiger partial charge on any atom is -0.473 e. The first kappa shape index (κ1) is 18.0. The van der Waals surface area contributed by atoms with Gasteiger partial charge in [0.2, 0.25) is 5.88 Å². The number of benzene rings is 2. The quantitative estimate of drug-likeness (QED) is 0.543. The van der Waals surface area contributed by atoms with Crippen molar-refractivity contribution in [1.29, 1.82) is 0 Å². The monoisotopic (exact) mass is 347 g/mol. The molecule has 2 aromatic carbocycles. The Morgan fingerprint density at radius 1 is 0.962 bits per heavy atom. The van der Waals surface area contributed by atoms with Gasteiger partial charge in [-0.25, -0.2) is 10.8 Å². The maximum absolute atomic E-state index is 6.07. The Kier molecular flexibility index (Phi) is 5.24. The summed E-state index contributed by atoms with van der Waals surface area (Å²) in [7, 11) is 1.83. The molecule has 2 N–H and O–H groups in total. The molecule has 1 heterocycles. The Labute approximate surface area is 155 Å². The fourth-order valence-electron chi connectivity index (χ4n) is 3.08. The van der Waals surface area contributed by atoms with E-state index in [2.05, 4.69) is 31.2 Å². The van der Waals surface area contributed by atoms with E-state index in [4.69, 9.17) is 15.6 Å². The third-order valence-corrected chi connectivity index (χ3v) is 4.56. The van der Waals surface area contributed by atoms with Crippen LogP contribution >= 0.6 is 0 Å². The van der Waals surface area contributed by atoms with Crippen molar-refractivity contribution in [2.24, 2.45) is 5.84 Å². The Balaban J connectivity index is 1.87. The second kappa shape index (κ2) is 7.58. The summed E-state index contributed by atoms with van der Waals surface area (Å²) < 4.78 is 6.07. The van der Waals surface area contributed by atoms with Crippen molar-refractivity contribution >= 4 is 5.69 Å². The van der Waals surface area contributed by atoms with Crippen molar-refractivity contribution in [2.75, 3.05) is 12.1 Å². The molecule has 0 spiro atoms. The van der Waals surface area contributed by atoms with E-state index in [0.29, 0.717) is 12.5 Å². The van der Waals surface area contributed by atoms with E-state index in [1.807, 2.05) is 51.2 Å². The molecule has 0 fully saturated rings. The van der Waals surface area contributed by atoms with Crippen molar-refractivity contribution in [1.82, 2.24) is 4.98 Å². The van der Waals surface area contributed by atoms with Gasteiger partial charge in [-0.3, -0.25) is 0 Å². The molecule has 4 heteroatoms. The smallest absolute Gasteiger partial charge is 0.216 e. The Hall–Kier alpha value is -2.85. The molecule has 0 aliphatic heterocycles. The van der Waals surface area contributed by atoms with Gasteiger partial charge in [-0.05, 0) is 44.0 Å². The molecule has 0 atom stereocenters. The SMILES string of the molecule is Cc1cc(-c2ccccc2)c(C)nc1OCc1c(C)cccc1N(C)N. The Bertz CT molecular complexity index is 905. The van der Waals surface area contributed by atoms with Crippen LogP contribution in [0.4, 0.5) is 5.69 Å². The zero-order valence-corrected chi connectivity index (χ0v) is 15.8. The number of aromatic nitrogens is 1. The number of pyridine rings is 1. The third-order valence-electron chi connectivity index (χ3n) is 4.56. The largest absolute Gasteiger partial charge is 0.473 e. The number of anilines is 1. The van der Waals surface area contributed by atoms with Crippen LogP contribution in [-0.4, -0.2) is 12.0 Å². The number of nitrogens with two attached hydrogens (primary N) is 1. The number of hydrazine groups is 1. The van der Waals surface area contributed by atoms with Crippen molar-refractivity contribution in [3.63, 3.8) is 0 Å². The van der Waals surface area contributed by atoms with E-state index in [1.54, 1.807) is 5.01 Å². The fourth-order valence-corrected chi connectivity index (χ4v) is 3.08. The Morgan fingerprint density at radius 3 is 2.38 bits per heavy atom. The molecule has 26 heavy (non-hydrogen) atoms. The van der Waals surface area contributed by atoms with Crippen LogP contribution in [0.3, 0.4) is 0 Å². The molecule has 4 nitrogen and oxygen atoms in total. The average molecular weight is 347 g/mol. The van der Waals surface area contributed by atoms with Gasteiger partial charge < -0.3 is 9.75 Å². The molecular weight excluding hydrogens is 322 g/mol. The fraction of sp³-hybridized carbons (Fsp3) is 0.227. The van der Waals surface area contributed by atoms with E-state index in [1.165, 1.54) is 0 Å². The number of aryl methyl sites for hydroxylation is 3. The lowest BCUT2D eigenvalue weighted by atomic mass is 10.0. The van der Waals surface area contributed by atoms with Gasteiger partial charge in [0.25, 0.3) is 0 Å².